The summed E-state index contributed by atoms with van der Waals surface area (Å²) in [6.07, 6.45) is 0. The summed E-state index contributed by atoms with van der Waals surface area (Å²) in [5, 5.41) is 3.01. The number of nitrogens with one attached hydrogen (secondary N) is 1. The van der Waals surface area contributed by atoms with E-state index >= 15 is 0 Å². The zero-order valence-electron chi connectivity index (χ0n) is 19.8. The predicted molar refractivity (Wildman–Crippen MR) is 140 cm³/mol. The molecule has 0 heterocycles. The number of carbonyl (C=O) groups excluding carboxylic acids is 2. The molecule has 1 N–H and O–H groups in total. The van der Waals surface area contributed by atoms with Crippen LogP contribution in [0.1, 0.15) is 62.1 Å². The van der Waals surface area contributed by atoms with Gasteiger partial charge in [-0.05, 0) is 34.7 Å². The molecule has 3 nitrogen and oxygen atoms in total. The Morgan fingerprint density at radius 3 is 1.63 bits per heavy atom. The summed E-state index contributed by atoms with van der Waals surface area (Å²) >= 11 is 0. The van der Waals surface area contributed by atoms with E-state index in [1.165, 1.54) is 16.7 Å². The van der Waals surface area contributed by atoms with Gasteiger partial charge in [0.15, 0.2) is 5.78 Å². The van der Waals surface area contributed by atoms with Gasteiger partial charge in [0.2, 0.25) is 0 Å². The number of Topliss-reactive ketones (excluding diaryl/α,β-unsaturated/α-hetero) is 1. The van der Waals surface area contributed by atoms with Crippen LogP contribution in [-0.2, 0) is 0 Å². The molecule has 35 heavy (non-hydrogen) atoms. The van der Waals surface area contributed by atoms with Crippen LogP contribution in [0, 0.1) is 5.92 Å². The molecule has 1 saturated carbocycles. The van der Waals surface area contributed by atoms with Gasteiger partial charge in [-0.2, -0.15) is 0 Å². The fourth-order valence-electron chi connectivity index (χ4n) is 5.04. The normalized spacial score (nSPS) is 19.5. The summed E-state index contributed by atoms with van der Waals surface area (Å²) in [6.45, 7) is 2.66. The fourth-order valence-corrected chi connectivity index (χ4v) is 5.04. The molecule has 3 heteroatoms. The summed E-state index contributed by atoms with van der Waals surface area (Å²) in [5.41, 5.74) is 4.81. The van der Waals surface area contributed by atoms with Crippen LogP contribution in [-0.4, -0.2) is 18.2 Å². The molecule has 0 aliphatic heterocycles. The third-order valence-electron chi connectivity index (χ3n) is 7.06. The van der Waals surface area contributed by atoms with Crippen LogP contribution in [0.15, 0.2) is 115 Å². The first-order valence-corrected chi connectivity index (χ1v) is 12.2. The van der Waals surface area contributed by atoms with E-state index in [1.54, 1.807) is 24.3 Å². The first kappa shape index (κ1) is 22.8. The lowest BCUT2D eigenvalue weighted by molar-refractivity contribution is 0.0944. The average Bonchev–Trinajstić information content (AvgIpc) is 3.68. The zero-order chi connectivity index (χ0) is 24.2. The Kier molecular flexibility index (Phi) is 6.58. The van der Waals surface area contributed by atoms with Gasteiger partial charge in [0, 0.05) is 35.4 Å². The van der Waals surface area contributed by atoms with Gasteiger partial charge in [-0.25, -0.2) is 0 Å². The smallest absolute Gasteiger partial charge is 0.251 e. The number of carbonyl (C=O) groups is 2. The summed E-state index contributed by atoms with van der Waals surface area (Å²) in [5.74, 6) is 0.494. The van der Waals surface area contributed by atoms with E-state index in [4.69, 9.17) is 0 Å². The molecule has 0 radical (unpaired) electrons. The maximum absolute atomic E-state index is 13.5. The van der Waals surface area contributed by atoms with Gasteiger partial charge in [-0.3, -0.25) is 9.59 Å². The topological polar surface area (TPSA) is 46.2 Å². The maximum Gasteiger partial charge on any atom is 0.251 e. The molecular weight excluding hydrogens is 430 g/mol. The molecule has 1 aliphatic carbocycles. The third-order valence-corrected chi connectivity index (χ3v) is 7.06. The standard InChI is InChI=1S/C32H29NO2/c1-22(23-11-5-2-6-12-23)21-33-32(35)27-19-17-26(18-20-27)31(34)30-28(24-13-7-3-8-14-24)29(30)25-15-9-4-10-16-25/h2-20,22,28-30H,21H2,1H3,(H,33,35)/t22-,28-,29-/m1/s1. The Bertz CT molecular complexity index is 1240. The molecule has 174 valence electrons. The Balaban J connectivity index is 1.28. The summed E-state index contributed by atoms with van der Waals surface area (Å²) in [7, 11) is 0. The summed E-state index contributed by atoms with van der Waals surface area (Å²) < 4.78 is 0. The lowest BCUT2D eigenvalue weighted by atomic mass is 10.00. The van der Waals surface area contributed by atoms with Crippen molar-refractivity contribution < 1.29 is 9.59 Å². The zero-order valence-corrected chi connectivity index (χ0v) is 19.8. The molecule has 5 rings (SSSR count). The second-order valence-electron chi connectivity index (χ2n) is 9.36. The third kappa shape index (κ3) is 4.95. The molecule has 0 unspecified atom stereocenters. The second kappa shape index (κ2) is 10.1. The van der Waals surface area contributed by atoms with Gasteiger partial charge in [0.05, 0.1) is 0 Å². The van der Waals surface area contributed by atoms with E-state index < -0.39 is 0 Å². The van der Waals surface area contributed by atoms with Crippen molar-refractivity contribution in [3.05, 3.63) is 143 Å². The maximum atomic E-state index is 13.5. The molecule has 4 aromatic carbocycles. The molecule has 1 fully saturated rings. The largest absolute Gasteiger partial charge is 0.351 e. The van der Waals surface area contributed by atoms with Crippen molar-refractivity contribution >= 4 is 11.7 Å². The van der Waals surface area contributed by atoms with Gasteiger partial charge < -0.3 is 5.32 Å². The molecule has 0 aromatic heterocycles. The minimum Gasteiger partial charge on any atom is -0.351 e. The molecule has 1 aliphatic rings. The summed E-state index contributed by atoms with van der Waals surface area (Å²) in [4.78, 5) is 26.2. The molecule has 1 amide bonds. The quantitative estimate of drug-likeness (QED) is 0.302. The van der Waals surface area contributed by atoms with Gasteiger partial charge in [0.1, 0.15) is 0 Å². The highest BCUT2D eigenvalue weighted by Crippen LogP contribution is 2.61. The van der Waals surface area contributed by atoms with Crippen LogP contribution in [0.2, 0.25) is 0 Å². The average molecular weight is 460 g/mol. The Morgan fingerprint density at radius 1 is 0.657 bits per heavy atom. The second-order valence-corrected chi connectivity index (χ2v) is 9.36. The van der Waals surface area contributed by atoms with E-state index in [0.717, 1.165) is 0 Å². The monoisotopic (exact) mass is 459 g/mol. The molecule has 0 bridgehead atoms. The first-order valence-electron chi connectivity index (χ1n) is 12.2. The van der Waals surface area contributed by atoms with Crippen LogP contribution in [0.3, 0.4) is 0 Å². The van der Waals surface area contributed by atoms with Crippen LogP contribution in [0.4, 0.5) is 0 Å². The lowest BCUT2D eigenvalue weighted by Crippen LogP contribution is -2.27. The minimum absolute atomic E-state index is 0.0915. The van der Waals surface area contributed by atoms with E-state index in [0.29, 0.717) is 17.7 Å². The van der Waals surface area contributed by atoms with Crippen molar-refractivity contribution in [1.29, 1.82) is 0 Å². The number of amides is 1. The van der Waals surface area contributed by atoms with E-state index in [9.17, 15) is 9.59 Å². The number of rotatable bonds is 8. The van der Waals surface area contributed by atoms with Gasteiger partial charge in [0.25, 0.3) is 5.91 Å². The van der Waals surface area contributed by atoms with Gasteiger partial charge >= 0.3 is 0 Å². The number of hydrogen-bond acceptors (Lipinski definition) is 2. The van der Waals surface area contributed by atoms with E-state index in [-0.39, 0.29) is 35.4 Å². The van der Waals surface area contributed by atoms with Crippen LogP contribution >= 0.6 is 0 Å². The van der Waals surface area contributed by atoms with Crippen molar-refractivity contribution in [3.8, 4) is 0 Å². The van der Waals surface area contributed by atoms with Crippen LogP contribution in [0.5, 0.6) is 0 Å². The molecule has 4 aromatic rings. The molecular formula is C32H29NO2. The van der Waals surface area contributed by atoms with Crippen LogP contribution in [0.25, 0.3) is 0 Å². The minimum atomic E-state index is -0.123. The van der Waals surface area contributed by atoms with Crippen molar-refractivity contribution in [1.82, 2.24) is 5.32 Å². The lowest BCUT2D eigenvalue weighted by Gasteiger charge is -2.13. The van der Waals surface area contributed by atoms with E-state index in [2.05, 4.69) is 48.6 Å². The van der Waals surface area contributed by atoms with Gasteiger partial charge in [-0.15, -0.1) is 0 Å². The van der Waals surface area contributed by atoms with Crippen LogP contribution < -0.4 is 5.32 Å². The molecule has 0 saturated heterocycles. The Labute approximate surface area is 206 Å². The predicted octanol–water partition coefficient (Wildman–Crippen LogP) is 6.60. The number of benzene rings is 4. The Morgan fingerprint density at radius 2 is 1.11 bits per heavy atom. The first-order chi connectivity index (χ1) is 17.1. The summed E-state index contributed by atoms with van der Waals surface area (Å²) in [6, 6.07) is 37.8. The fraction of sp³-hybridized carbons (Fsp3) is 0.188. The van der Waals surface area contributed by atoms with Crippen molar-refractivity contribution in [3.63, 3.8) is 0 Å². The van der Waals surface area contributed by atoms with Gasteiger partial charge in [-0.1, -0.05) is 110 Å². The van der Waals surface area contributed by atoms with Crippen molar-refractivity contribution in [2.75, 3.05) is 6.54 Å². The van der Waals surface area contributed by atoms with Crippen molar-refractivity contribution in [2.45, 2.75) is 24.7 Å². The van der Waals surface area contributed by atoms with E-state index in [1.807, 2.05) is 54.6 Å². The highest BCUT2D eigenvalue weighted by atomic mass is 16.1. The number of ketones is 1. The number of hydrogen-bond donors (Lipinski definition) is 1. The highest BCUT2D eigenvalue weighted by molar-refractivity contribution is 6.02. The SMILES string of the molecule is C[C@H](CNC(=O)c1ccc(C(=O)C2[C@H](c3ccccc3)[C@H]2c2ccccc2)cc1)c1ccccc1. The molecule has 3 atom stereocenters. The highest BCUT2D eigenvalue weighted by Gasteiger charge is 2.55. The van der Waals surface area contributed by atoms with Crippen molar-refractivity contribution in [2.24, 2.45) is 5.92 Å². The Hall–Kier alpha value is -3.98. The molecule has 0 spiro atoms.